The number of hydrogen-bond acceptors (Lipinski definition) is 4. The van der Waals surface area contributed by atoms with Gasteiger partial charge in [0.05, 0.1) is 12.3 Å². The molecule has 0 aromatic carbocycles. The van der Waals surface area contributed by atoms with Crippen molar-refractivity contribution in [3.05, 3.63) is 23.9 Å². The number of nitrogens with zero attached hydrogens (tertiary/aromatic N) is 2. The maximum absolute atomic E-state index is 5.41. The van der Waals surface area contributed by atoms with E-state index in [9.17, 15) is 0 Å². The first-order valence-corrected chi connectivity index (χ1v) is 6.32. The zero-order chi connectivity index (χ0) is 12.1. The third-order valence-corrected chi connectivity index (χ3v) is 2.91. The number of rotatable bonds is 4. The summed E-state index contributed by atoms with van der Waals surface area (Å²) >= 11 is 0. The second kappa shape index (κ2) is 7.56. The molecular formula is C13H22ClN3O. The van der Waals surface area contributed by atoms with Crippen molar-refractivity contribution in [3.8, 4) is 5.88 Å². The molecule has 1 saturated heterocycles. The predicted molar refractivity (Wildman–Crippen MR) is 75.4 cm³/mol. The molecule has 0 unspecified atom stereocenters. The van der Waals surface area contributed by atoms with Crippen molar-refractivity contribution in [3.63, 3.8) is 0 Å². The van der Waals surface area contributed by atoms with Crippen LogP contribution in [0.15, 0.2) is 18.2 Å². The lowest BCUT2D eigenvalue weighted by Gasteiger charge is -2.31. The Labute approximate surface area is 115 Å². The number of ether oxygens (including phenoxy) is 1. The quantitative estimate of drug-likeness (QED) is 0.905. The Bertz CT molecular complexity index is 362. The molecule has 1 aromatic heterocycles. The fraction of sp³-hybridized carbons (Fsp3) is 0.615. The molecule has 0 amide bonds. The SMILES string of the molecule is CCOc1cccc(CN2CCN[C@@H](C)C2)n1.Cl. The minimum Gasteiger partial charge on any atom is -0.478 e. The highest BCUT2D eigenvalue weighted by molar-refractivity contribution is 5.85. The summed E-state index contributed by atoms with van der Waals surface area (Å²) in [4.78, 5) is 6.93. The van der Waals surface area contributed by atoms with Gasteiger partial charge in [-0.05, 0) is 19.9 Å². The van der Waals surface area contributed by atoms with E-state index in [-0.39, 0.29) is 12.4 Å². The van der Waals surface area contributed by atoms with E-state index in [4.69, 9.17) is 4.74 Å². The molecule has 0 aliphatic carbocycles. The van der Waals surface area contributed by atoms with E-state index in [0.29, 0.717) is 12.6 Å². The van der Waals surface area contributed by atoms with Gasteiger partial charge in [-0.3, -0.25) is 4.90 Å². The van der Waals surface area contributed by atoms with Crippen molar-refractivity contribution in [1.29, 1.82) is 0 Å². The van der Waals surface area contributed by atoms with Gasteiger partial charge in [-0.15, -0.1) is 12.4 Å². The molecule has 1 N–H and O–H groups in total. The van der Waals surface area contributed by atoms with E-state index in [0.717, 1.165) is 37.8 Å². The first-order valence-electron chi connectivity index (χ1n) is 6.32. The molecule has 18 heavy (non-hydrogen) atoms. The molecule has 0 bridgehead atoms. The minimum atomic E-state index is 0. The van der Waals surface area contributed by atoms with Crippen LogP contribution in [0.4, 0.5) is 0 Å². The first kappa shape index (κ1) is 15.2. The molecule has 0 saturated carbocycles. The summed E-state index contributed by atoms with van der Waals surface area (Å²) in [5.74, 6) is 0.730. The molecule has 4 nitrogen and oxygen atoms in total. The largest absolute Gasteiger partial charge is 0.478 e. The maximum Gasteiger partial charge on any atom is 0.213 e. The highest BCUT2D eigenvalue weighted by Crippen LogP contribution is 2.10. The molecule has 5 heteroatoms. The second-order valence-corrected chi connectivity index (χ2v) is 4.49. The average molecular weight is 272 g/mol. The standard InChI is InChI=1S/C13H21N3O.ClH/c1-3-17-13-6-4-5-12(15-13)10-16-8-7-14-11(2)9-16;/h4-6,11,14H,3,7-10H2,1-2H3;1H/t11-;/m0./s1. The molecular weight excluding hydrogens is 250 g/mol. The normalized spacial score (nSPS) is 20.2. The van der Waals surface area contributed by atoms with Gasteiger partial charge in [0, 0.05) is 38.3 Å². The van der Waals surface area contributed by atoms with Crippen LogP contribution in [0.1, 0.15) is 19.5 Å². The van der Waals surface area contributed by atoms with Gasteiger partial charge in [0.25, 0.3) is 0 Å². The van der Waals surface area contributed by atoms with Gasteiger partial charge in [0.2, 0.25) is 5.88 Å². The molecule has 1 aromatic rings. The smallest absolute Gasteiger partial charge is 0.213 e. The Balaban J connectivity index is 0.00000162. The molecule has 2 rings (SSSR count). The molecule has 102 valence electrons. The Kier molecular flexibility index (Phi) is 6.39. The lowest BCUT2D eigenvalue weighted by atomic mass is 10.2. The Morgan fingerprint density at radius 2 is 2.33 bits per heavy atom. The van der Waals surface area contributed by atoms with E-state index in [1.54, 1.807) is 0 Å². The summed E-state index contributed by atoms with van der Waals surface area (Å²) in [7, 11) is 0. The Morgan fingerprint density at radius 1 is 1.50 bits per heavy atom. The van der Waals surface area contributed by atoms with Crippen LogP contribution in [0.3, 0.4) is 0 Å². The molecule has 1 atom stereocenters. The van der Waals surface area contributed by atoms with E-state index >= 15 is 0 Å². The summed E-state index contributed by atoms with van der Waals surface area (Å²) in [5.41, 5.74) is 1.09. The van der Waals surface area contributed by atoms with Crippen molar-refractivity contribution < 1.29 is 4.74 Å². The molecule has 1 aliphatic heterocycles. The molecule has 1 fully saturated rings. The number of aromatic nitrogens is 1. The summed E-state index contributed by atoms with van der Waals surface area (Å²) < 4.78 is 5.41. The predicted octanol–water partition coefficient (Wildman–Crippen LogP) is 1.70. The van der Waals surface area contributed by atoms with Crippen molar-refractivity contribution in [2.45, 2.75) is 26.4 Å². The third-order valence-electron chi connectivity index (χ3n) is 2.91. The summed E-state index contributed by atoms with van der Waals surface area (Å²) in [6, 6.07) is 6.56. The van der Waals surface area contributed by atoms with Crippen LogP contribution in [0.2, 0.25) is 0 Å². The molecule has 1 aliphatic rings. The van der Waals surface area contributed by atoms with Crippen LogP contribution in [-0.4, -0.2) is 42.2 Å². The lowest BCUT2D eigenvalue weighted by Crippen LogP contribution is -2.48. The fourth-order valence-electron chi connectivity index (χ4n) is 2.16. The zero-order valence-electron chi connectivity index (χ0n) is 11.1. The van der Waals surface area contributed by atoms with Gasteiger partial charge >= 0.3 is 0 Å². The molecule has 0 spiro atoms. The monoisotopic (exact) mass is 271 g/mol. The number of hydrogen-bond donors (Lipinski definition) is 1. The van der Waals surface area contributed by atoms with Crippen molar-refractivity contribution in [2.24, 2.45) is 0 Å². The summed E-state index contributed by atoms with van der Waals surface area (Å²) in [5, 5.41) is 3.44. The number of pyridine rings is 1. The summed E-state index contributed by atoms with van der Waals surface area (Å²) in [6.45, 7) is 9.01. The molecule has 0 radical (unpaired) electrons. The summed E-state index contributed by atoms with van der Waals surface area (Å²) in [6.07, 6.45) is 0. The van der Waals surface area contributed by atoms with Crippen molar-refractivity contribution in [2.75, 3.05) is 26.2 Å². The maximum atomic E-state index is 5.41. The van der Waals surface area contributed by atoms with E-state index in [1.807, 2.05) is 19.1 Å². The average Bonchev–Trinajstić information content (AvgIpc) is 2.30. The van der Waals surface area contributed by atoms with Crippen molar-refractivity contribution >= 4 is 12.4 Å². The van der Waals surface area contributed by atoms with E-state index in [2.05, 4.69) is 28.2 Å². The van der Waals surface area contributed by atoms with Crippen LogP contribution in [-0.2, 0) is 6.54 Å². The van der Waals surface area contributed by atoms with Gasteiger partial charge in [-0.25, -0.2) is 4.98 Å². The number of nitrogens with one attached hydrogen (secondary N) is 1. The van der Waals surface area contributed by atoms with Crippen LogP contribution in [0, 0.1) is 0 Å². The van der Waals surface area contributed by atoms with Crippen LogP contribution < -0.4 is 10.1 Å². The Morgan fingerprint density at radius 3 is 3.06 bits per heavy atom. The first-order chi connectivity index (χ1) is 8.28. The highest BCUT2D eigenvalue weighted by atomic mass is 35.5. The van der Waals surface area contributed by atoms with Gasteiger partial charge in [0.1, 0.15) is 0 Å². The number of halogens is 1. The fourth-order valence-corrected chi connectivity index (χ4v) is 2.16. The number of piperazine rings is 1. The van der Waals surface area contributed by atoms with Gasteiger partial charge < -0.3 is 10.1 Å². The van der Waals surface area contributed by atoms with Crippen LogP contribution in [0.5, 0.6) is 5.88 Å². The van der Waals surface area contributed by atoms with E-state index in [1.165, 1.54) is 0 Å². The van der Waals surface area contributed by atoms with Crippen molar-refractivity contribution in [1.82, 2.24) is 15.2 Å². The van der Waals surface area contributed by atoms with Gasteiger partial charge in [0.15, 0.2) is 0 Å². The van der Waals surface area contributed by atoms with Crippen LogP contribution >= 0.6 is 12.4 Å². The lowest BCUT2D eigenvalue weighted by molar-refractivity contribution is 0.197. The Hall–Kier alpha value is -0.840. The topological polar surface area (TPSA) is 37.4 Å². The van der Waals surface area contributed by atoms with Gasteiger partial charge in [-0.1, -0.05) is 6.07 Å². The minimum absolute atomic E-state index is 0. The van der Waals surface area contributed by atoms with Crippen LogP contribution in [0.25, 0.3) is 0 Å². The highest BCUT2D eigenvalue weighted by Gasteiger charge is 2.15. The third kappa shape index (κ3) is 4.44. The molecule has 2 heterocycles. The zero-order valence-corrected chi connectivity index (χ0v) is 11.9. The second-order valence-electron chi connectivity index (χ2n) is 4.49. The van der Waals surface area contributed by atoms with Gasteiger partial charge in [-0.2, -0.15) is 0 Å². The van der Waals surface area contributed by atoms with E-state index < -0.39 is 0 Å².